The molecule has 0 aromatic carbocycles. The van der Waals surface area contributed by atoms with Gasteiger partial charge in [-0.05, 0) is 0 Å². The van der Waals surface area contributed by atoms with E-state index in [9.17, 15) is 0 Å². The molecule has 0 aromatic heterocycles. The molecule has 0 aliphatic carbocycles. The van der Waals surface area contributed by atoms with Gasteiger partial charge in [-0.1, -0.05) is 0 Å². The van der Waals surface area contributed by atoms with E-state index >= 15 is 0 Å². The van der Waals surface area contributed by atoms with E-state index in [0.29, 0.717) is 39.6 Å². The summed E-state index contributed by atoms with van der Waals surface area (Å²) < 4.78 is 20.3. The molecule has 1 atom stereocenters. The molecule has 0 bridgehead atoms. The van der Waals surface area contributed by atoms with Crippen molar-refractivity contribution in [3.8, 4) is 0 Å². The SMILES string of the molecule is OCCOCCOCCOCCOC(O)CCO. The second-order valence-electron chi connectivity index (χ2n) is 3.40. The molecular formula is C11H24O7. The molecule has 3 N–H and O–H groups in total. The van der Waals surface area contributed by atoms with Crippen molar-refractivity contribution in [1.82, 2.24) is 0 Å². The van der Waals surface area contributed by atoms with Crippen LogP contribution in [0.5, 0.6) is 0 Å². The molecule has 110 valence electrons. The lowest BCUT2D eigenvalue weighted by molar-refractivity contribution is -0.122. The summed E-state index contributed by atoms with van der Waals surface area (Å²) >= 11 is 0. The van der Waals surface area contributed by atoms with Gasteiger partial charge in [-0.2, -0.15) is 0 Å². The maximum Gasteiger partial charge on any atom is 0.156 e. The van der Waals surface area contributed by atoms with Crippen molar-refractivity contribution in [2.75, 3.05) is 59.5 Å². The summed E-state index contributed by atoms with van der Waals surface area (Å²) in [6.45, 7) is 2.72. The van der Waals surface area contributed by atoms with Crippen molar-refractivity contribution in [1.29, 1.82) is 0 Å². The van der Waals surface area contributed by atoms with Crippen molar-refractivity contribution in [3.63, 3.8) is 0 Å². The predicted octanol–water partition coefficient (Wildman–Crippen LogP) is -1.25. The normalized spacial score (nSPS) is 12.8. The molecule has 0 aliphatic rings. The van der Waals surface area contributed by atoms with Crippen LogP contribution < -0.4 is 0 Å². The Kier molecular flexibility index (Phi) is 14.5. The molecule has 7 heteroatoms. The van der Waals surface area contributed by atoms with Crippen LogP contribution in [0.15, 0.2) is 0 Å². The first-order valence-electron chi connectivity index (χ1n) is 6.06. The molecule has 0 saturated heterocycles. The highest BCUT2D eigenvalue weighted by Gasteiger charge is 2.01. The lowest BCUT2D eigenvalue weighted by Gasteiger charge is -2.10. The van der Waals surface area contributed by atoms with Crippen molar-refractivity contribution in [3.05, 3.63) is 0 Å². The van der Waals surface area contributed by atoms with Crippen LogP contribution in [0.25, 0.3) is 0 Å². The number of rotatable bonds is 14. The van der Waals surface area contributed by atoms with E-state index in [0.717, 1.165) is 0 Å². The summed E-state index contributed by atoms with van der Waals surface area (Å²) in [5.41, 5.74) is 0. The molecule has 0 spiro atoms. The Balaban J connectivity index is 2.98. The minimum atomic E-state index is -0.932. The fourth-order valence-corrected chi connectivity index (χ4v) is 1.04. The predicted molar refractivity (Wildman–Crippen MR) is 63.2 cm³/mol. The maximum absolute atomic E-state index is 9.10. The number of aliphatic hydroxyl groups excluding tert-OH is 3. The summed E-state index contributed by atoms with van der Waals surface area (Å²) in [7, 11) is 0. The van der Waals surface area contributed by atoms with E-state index in [1.54, 1.807) is 0 Å². The van der Waals surface area contributed by atoms with Gasteiger partial charge in [-0.15, -0.1) is 0 Å². The van der Waals surface area contributed by atoms with E-state index < -0.39 is 6.29 Å². The fraction of sp³-hybridized carbons (Fsp3) is 1.00. The van der Waals surface area contributed by atoms with Gasteiger partial charge in [0.05, 0.1) is 52.9 Å². The first kappa shape index (κ1) is 17.7. The first-order chi connectivity index (χ1) is 8.81. The van der Waals surface area contributed by atoms with Gasteiger partial charge in [0.1, 0.15) is 0 Å². The van der Waals surface area contributed by atoms with Gasteiger partial charge in [-0.3, -0.25) is 0 Å². The van der Waals surface area contributed by atoms with Crippen molar-refractivity contribution in [2.24, 2.45) is 0 Å². The van der Waals surface area contributed by atoms with Gasteiger partial charge < -0.3 is 34.3 Å². The average Bonchev–Trinajstić information content (AvgIpc) is 2.36. The third kappa shape index (κ3) is 13.8. The van der Waals surface area contributed by atoms with Crippen LogP contribution in [0.4, 0.5) is 0 Å². The monoisotopic (exact) mass is 268 g/mol. The van der Waals surface area contributed by atoms with Gasteiger partial charge >= 0.3 is 0 Å². The molecule has 0 aromatic rings. The lowest BCUT2D eigenvalue weighted by atomic mass is 10.4. The highest BCUT2D eigenvalue weighted by atomic mass is 16.6. The minimum Gasteiger partial charge on any atom is -0.396 e. The molecule has 0 radical (unpaired) electrons. The number of hydrogen-bond donors (Lipinski definition) is 3. The second-order valence-corrected chi connectivity index (χ2v) is 3.40. The lowest BCUT2D eigenvalue weighted by Crippen LogP contribution is -2.18. The van der Waals surface area contributed by atoms with Gasteiger partial charge in [-0.25, -0.2) is 0 Å². The Hall–Kier alpha value is -0.280. The average molecular weight is 268 g/mol. The van der Waals surface area contributed by atoms with Crippen molar-refractivity contribution in [2.45, 2.75) is 12.7 Å². The standard InChI is InChI=1S/C11H24O7/c12-2-1-11(14)18-10-9-17-8-7-16-6-5-15-4-3-13/h11-14H,1-10H2. The second kappa shape index (κ2) is 14.8. The Bertz CT molecular complexity index is 156. The van der Waals surface area contributed by atoms with Gasteiger partial charge in [0.2, 0.25) is 0 Å². The Morgan fingerprint density at radius 1 is 0.667 bits per heavy atom. The van der Waals surface area contributed by atoms with E-state index in [1.165, 1.54) is 0 Å². The highest BCUT2D eigenvalue weighted by Crippen LogP contribution is 1.92. The van der Waals surface area contributed by atoms with Gasteiger partial charge in [0.15, 0.2) is 6.29 Å². The number of aliphatic hydroxyl groups is 3. The van der Waals surface area contributed by atoms with Crippen LogP contribution in [-0.2, 0) is 18.9 Å². The van der Waals surface area contributed by atoms with E-state index in [1.807, 2.05) is 0 Å². The smallest absolute Gasteiger partial charge is 0.156 e. The Morgan fingerprint density at radius 2 is 1.17 bits per heavy atom. The molecule has 7 nitrogen and oxygen atoms in total. The largest absolute Gasteiger partial charge is 0.396 e. The summed E-state index contributed by atoms with van der Waals surface area (Å²) in [6, 6.07) is 0. The van der Waals surface area contributed by atoms with Crippen molar-refractivity contribution < 1.29 is 34.3 Å². The zero-order valence-electron chi connectivity index (χ0n) is 10.6. The third-order valence-electron chi connectivity index (χ3n) is 1.89. The topological polar surface area (TPSA) is 97.6 Å². The Morgan fingerprint density at radius 3 is 1.67 bits per heavy atom. The summed E-state index contributed by atoms with van der Waals surface area (Å²) in [4.78, 5) is 0. The van der Waals surface area contributed by atoms with E-state index in [2.05, 4.69) is 0 Å². The van der Waals surface area contributed by atoms with Crippen LogP contribution in [0.3, 0.4) is 0 Å². The van der Waals surface area contributed by atoms with Gasteiger partial charge in [0, 0.05) is 13.0 Å². The summed E-state index contributed by atoms with van der Waals surface area (Å²) in [5, 5.41) is 26.0. The molecule has 0 rings (SSSR count). The molecule has 0 saturated carbocycles. The first-order valence-corrected chi connectivity index (χ1v) is 6.06. The van der Waals surface area contributed by atoms with Crippen LogP contribution in [0.1, 0.15) is 6.42 Å². The zero-order valence-corrected chi connectivity index (χ0v) is 10.6. The highest BCUT2D eigenvalue weighted by molar-refractivity contribution is 4.40. The number of hydrogen-bond acceptors (Lipinski definition) is 7. The minimum absolute atomic E-state index is 0.0191. The van der Waals surface area contributed by atoms with E-state index in [-0.39, 0.29) is 26.2 Å². The number of ether oxygens (including phenoxy) is 4. The van der Waals surface area contributed by atoms with Crippen LogP contribution >= 0.6 is 0 Å². The van der Waals surface area contributed by atoms with Crippen LogP contribution in [0, 0.1) is 0 Å². The van der Waals surface area contributed by atoms with Crippen molar-refractivity contribution >= 4 is 0 Å². The maximum atomic E-state index is 9.10. The molecular weight excluding hydrogens is 244 g/mol. The Labute approximate surface area is 107 Å². The fourth-order valence-electron chi connectivity index (χ4n) is 1.04. The summed E-state index contributed by atoms with van der Waals surface area (Å²) in [6.07, 6.45) is -0.727. The zero-order chi connectivity index (χ0) is 13.5. The summed E-state index contributed by atoms with van der Waals surface area (Å²) in [5.74, 6) is 0. The third-order valence-corrected chi connectivity index (χ3v) is 1.89. The molecule has 0 fully saturated rings. The van der Waals surface area contributed by atoms with Gasteiger partial charge in [0.25, 0.3) is 0 Å². The van der Waals surface area contributed by atoms with Crippen LogP contribution in [-0.4, -0.2) is 81.1 Å². The van der Waals surface area contributed by atoms with Crippen LogP contribution in [0.2, 0.25) is 0 Å². The van der Waals surface area contributed by atoms with E-state index in [4.69, 9.17) is 34.3 Å². The molecule has 0 amide bonds. The molecule has 0 heterocycles. The molecule has 1 unspecified atom stereocenters. The quantitative estimate of drug-likeness (QED) is 0.267. The molecule has 18 heavy (non-hydrogen) atoms. The molecule has 0 aliphatic heterocycles.